The number of allylic oxidation sites excluding steroid dienone is 1. The van der Waals surface area contributed by atoms with Crippen molar-refractivity contribution in [3.8, 4) is 11.4 Å². The maximum Gasteiger partial charge on any atom is 0.186 e. The van der Waals surface area contributed by atoms with Crippen molar-refractivity contribution in [3.05, 3.63) is 40.6 Å². The van der Waals surface area contributed by atoms with Crippen molar-refractivity contribution in [2.45, 2.75) is 32.1 Å². The highest BCUT2D eigenvalue weighted by atomic mass is 32.1. The molecule has 0 saturated heterocycles. The molecular weight excluding hydrogens is 306 g/mol. The summed E-state index contributed by atoms with van der Waals surface area (Å²) in [5, 5.41) is 20.6. The van der Waals surface area contributed by atoms with Crippen LogP contribution in [0.4, 0.5) is 5.82 Å². The first-order valence-electron chi connectivity index (χ1n) is 8.07. The fourth-order valence-corrected chi connectivity index (χ4v) is 3.57. The summed E-state index contributed by atoms with van der Waals surface area (Å²) >= 11 is 1.65. The average molecular weight is 325 g/mol. The Morgan fingerprint density at radius 1 is 1.17 bits per heavy atom. The highest BCUT2D eigenvalue weighted by Crippen LogP contribution is 2.22. The van der Waals surface area contributed by atoms with Gasteiger partial charge in [-0.05, 0) is 55.7 Å². The van der Waals surface area contributed by atoms with Crippen LogP contribution in [0.25, 0.3) is 17.0 Å². The minimum absolute atomic E-state index is 0.770. The number of hydrogen-bond donors (Lipinski definition) is 1. The zero-order valence-corrected chi connectivity index (χ0v) is 13.7. The summed E-state index contributed by atoms with van der Waals surface area (Å²) in [5.41, 5.74) is 3.40. The molecule has 1 aliphatic carbocycles. The van der Waals surface area contributed by atoms with E-state index in [1.807, 2.05) is 28.1 Å². The van der Waals surface area contributed by atoms with Gasteiger partial charge in [0.25, 0.3) is 0 Å². The standard InChI is InChI=1S/C17H19N5S/c1-2-4-13(5-3-1)8-10-18-15-6-7-16-19-20-17(22(16)21-15)14-9-11-23-12-14/h4,6-7,9,11-12H,1-3,5,8,10H2,(H,18,21). The third-order valence-electron chi connectivity index (χ3n) is 4.18. The summed E-state index contributed by atoms with van der Waals surface area (Å²) in [4.78, 5) is 0. The fourth-order valence-electron chi connectivity index (χ4n) is 2.94. The molecule has 0 atom stereocenters. The van der Waals surface area contributed by atoms with Gasteiger partial charge in [-0.2, -0.15) is 15.9 Å². The molecule has 0 spiro atoms. The maximum absolute atomic E-state index is 4.64. The van der Waals surface area contributed by atoms with E-state index in [4.69, 9.17) is 0 Å². The van der Waals surface area contributed by atoms with Gasteiger partial charge in [0.1, 0.15) is 5.82 Å². The molecule has 1 N–H and O–H groups in total. The van der Waals surface area contributed by atoms with Crippen molar-refractivity contribution < 1.29 is 0 Å². The molecule has 1 aliphatic rings. The minimum Gasteiger partial charge on any atom is -0.368 e. The van der Waals surface area contributed by atoms with Gasteiger partial charge in [-0.1, -0.05) is 11.6 Å². The van der Waals surface area contributed by atoms with E-state index in [0.717, 1.165) is 35.8 Å². The first-order valence-corrected chi connectivity index (χ1v) is 9.01. The van der Waals surface area contributed by atoms with E-state index < -0.39 is 0 Å². The largest absolute Gasteiger partial charge is 0.368 e. The zero-order chi connectivity index (χ0) is 15.5. The van der Waals surface area contributed by atoms with Crippen molar-refractivity contribution in [1.82, 2.24) is 19.8 Å². The van der Waals surface area contributed by atoms with Gasteiger partial charge in [-0.3, -0.25) is 0 Å². The molecule has 3 aromatic rings. The lowest BCUT2D eigenvalue weighted by Gasteiger charge is -2.13. The molecule has 23 heavy (non-hydrogen) atoms. The second kappa shape index (κ2) is 6.50. The van der Waals surface area contributed by atoms with E-state index >= 15 is 0 Å². The van der Waals surface area contributed by atoms with Gasteiger partial charge >= 0.3 is 0 Å². The molecule has 0 bridgehead atoms. The van der Waals surface area contributed by atoms with Gasteiger partial charge in [-0.25, -0.2) is 0 Å². The molecule has 0 aliphatic heterocycles. The van der Waals surface area contributed by atoms with Gasteiger partial charge in [0.15, 0.2) is 11.5 Å². The lowest BCUT2D eigenvalue weighted by molar-refractivity contribution is 0.679. The molecule has 0 unspecified atom stereocenters. The van der Waals surface area contributed by atoms with E-state index in [-0.39, 0.29) is 0 Å². The van der Waals surface area contributed by atoms with Crippen molar-refractivity contribution in [1.29, 1.82) is 0 Å². The highest BCUT2D eigenvalue weighted by molar-refractivity contribution is 7.08. The molecule has 118 valence electrons. The number of hydrogen-bond acceptors (Lipinski definition) is 5. The van der Waals surface area contributed by atoms with E-state index in [1.165, 1.54) is 25.7 Å². The first-order chi connectivity index (χ1) is 11.4. The molecule has 5 nitrogen and oxygen atoms in total. The Balaban J connectivity index is 1.49. The number of rotatable bonds is 5. The second-order valence-corrected chi connectivity index (χ2v) is 6.59. The Morgan fingerprint density at radius 2 is 2.17 bits per heavy atom. The number of nitrogens with one attached hydrogen (secondary N) is 1. The SMILES string of the molecule is C1=C(CCNc2ccc3nnc(-c4ccsc4)n3n2)CCCC1. The summed E-state index contributed by atoms with van der Waals surface area (Å²) in [6.07, 6.45) is 8.66. The van der Waals surface area contributed by atoms with Crippen molar-refractivity contribution in [3.63, 3.8) is 0 Å². The van der Waals surface area contributed by atoms with E-state index in [1.54, 1.807) is 16.9 Å². The average Bonchev–Trinajstić information content (AvgIpc) is 3.24. The van der Waals surface area contributed by atoms with Gasteiger partial charge in [0.2, 0.25) is 0 Å². The van der Waals surface area contributed by atoms with E-state index in [0.29, 0.717) is 0 Å². The Kier molecular flexibility index (Phi) is 4.06. The van der Waals surface area contributed by atoms with Crippen LogP contribution in [0.15, 0.2) is 40.6 Å². The summed E-state index contributed by atoms with van der Waals surface area (Å²) in [6.45, 7) is 0.917. The number of anilines is 1. The quantitative estimate of drug-likeness (QED) is 0.716. The number of fused-ring (bicyclic) bond motifs is 1. The lowest BCUT2D eigenvalue weighted by atomic mass is 9.97. The van der Waals surface area contributed by atoms with E-state index in [2.05, 4.69) is 32.1 Å². The molecule has 0 radical (unpaired) electrons. The van der Waals surface area contributed by atoms with Crippen molar-refractivity contribution in [2.24, 2.45) is 0 Å². The molecule has 0 aromatic carbocycles. The topological polar surface area (TPSA) is 55.1 Å². The maximum atomic E-state index is 4.64. The van der Waals surface area contributed by atoms with Gasteiger partial charge < -0.3 is 5.32 Å². The van der Waals surface area contributed by atoms with Crippen molar-refractivity contribution >= 4 is 22.8 Å². The highest BCUT2D eigenvalue weighted by Gasteiger charge is 2.10. The van der Waals surface area contributed by atoms with E-state index in [9.17, 15) is 0 Å². The van der Waals surface area contributed by atoms with Crippen LogP contribution >= 0.6 is 11.3 Å². The summed E-state index contributed by atoms with van der Waals surface area (Å²) < 4.78 is 1.81. The Morgan fingerprint density at radius 3 is 3.00 bits per heavy atom. The van der Waals surface area contributed by atoms with Gasteiger partial charge in [0, 0.05) is 17.5 Å². The molecule has 4 rings (SSSR count). The number of aromatic nitrogens is 4. The van der Waals surface area contributed by atoms with Gasteiger partial charge in [0.05, 0.1) is 0 Å². The predicted octanol–water partition coefficient (Wildman–Crippen LogP) is 4.16. The summed E-state index contributed by atoms with van der Waals surface area (Å²) in [6, 6.07) is 5.97. The number of thiophene rings is 1. The van der Waals surface area contributed by atoms with Crippen LogP contribution in [0.1, 0.15) is 32.1 Å². The summed E-state index contributed by atoms with van der Waals surface area (Å²) in [7, 11) is 0. The zero-order valence-electron chi connectivity index (χ0n) is 12.9. The molecular formula is C17H19N5S. The molecule has 0 fully saturated rings. The Bertz CT molecular complexity index is 819. The van der Waals surface area contributed by atoms with Crippen LogP contribution in [-0.2, 0) is 0 Å². The minimum atomic E-state index is 0.770. The fraction of sp³-hybridized carbons (Fsp3) is 0.353. The van der Waals surface area contributed by atoms with Crippen LogP contribution in [0.3, 0.4) is 0 Å². The van der Waals surface area contributed by atoms with Crippen LogP contribution in [0.5, 0.6) is 0 Å². The third-order valence-corrected chi connectivity index (χ3v) is 4.86. The Hall–Kier alpha value is -2.21. The normalized spacial score (nSPS) is 14.9. The monoisotopic (exact) mass is 325 g/mol. The first kappa shape index (κ1) is 14.4. The molecule has 0 saturated carbocycles. The van der Waals surface area contributed by atoms with Crippen LogP contribution in [0.2, 0.25) is 0 Å². The third kappa shape index (κ3) is 3.12. The van der Waals surface area contributed by atoms with Crippen LogP contribution in [0, 0.1) is 0 Å². The Labute approximate surface area is 139 Å². The molecule has 3 heterocycles. The van der Waals surface area contributed by atoms with Gasteiger partial charge in [-0.15, -0.1) is 15.3 Å². The predicted molar refractivity (Wildman–Crippen MR) is 93.8 cm³/mol. The smallest absolute Gasteiger partial charge is 0.186 e. The van der Waals surface area contributed by atoms with Crippen molar-refractivity contribution in [2.75, 3.05) is 11.9 Å². The molecule has 3 aromatic heterocycles. The molecule has 6 heteroatoms. The second-order valence-electron chi connectivity index (χ2n) is 5.81. The van der Waals surface area contributed by atoms with Crippen LogP contribution in [-0.4, -0.2) is 26.4 Å². The number of nitrogens with zero attached hydrogens (tertiary/aromatic N) is 4. The summed E-state index contributed by atoms with van der Waals surface area (Å²) in [5.74, 6) is 1.66. The lowest BCUT2D eigenvalue weighted by Crippen LogP contribution is -2.07. The molecule has 0 amide bonds. The van der Waals surface area contributed by atoms with Crippen LogP contribution < -0.4 is 5.32 Å².